The second kappa shape index (κ2) is 4.04. The molecule has 0 amide bonds. The number of ketones is 1. The number of rotatable bonds is 2. The minimum Gasteiger partial charge on any atom is -0.506 e. The van der Waals surface area contributed by atoms with Gasteiger partial charge in [-0.3, -0.25) is 4.79 Å². The third kappa shape index (κ3) is 2.09. The van der Waals surface area contributed by atoms with Gasteiger partial charge in [0, 0.05) is 12.0 Å². The Morgan fingerprint density at radius 1 is 1.57 bits per heavy atom. The van der Waals surface area contributed by atoms with E-state index in [9.17, 15) is 18.7 Å². The molecule has 0 aliphatic heterocycles. The van der Waals surface area contributed by atoms with E-state index in [0.717, 1.165) is 6.07 Å². The summed E-state index contributed by atoms with van der Waals surface area (Å²) >= 11 is 2.85. The Morgan fingerprint density at radius 2 is 2.14 bits per heavy atom. The van der Waals surface area contributed by atoms with E-state index in [1.54, 1.807) is 0 Å². The van der Waals surface area contributed by atoms with E-state index in [-0.39, 0.29) is 22.2 Å². The van der Waals surface area contributed by atoms with Gasteiger partial charge in [-0.1, -0.05) is 0 Å². The third-order valence-electron chi connectivity index (χ3n) is 1.67. The molecule has 5 heteroatoms. The average Bonchev–Trinajstić information content (AvgIpc) is 2.09. The van der Waals surface area contributed by atoms with E-state index in [1.807, 2.05) is 0 Å². The minimum atomic E-state index is -1.18. The molecule has 0 saturated heterocycles. The van der Waals surface area contributed by atoms with Gasteiger partial charge in [-0.2, -0.15) is 0 Å². The zero-order chi connectivity index (χ0) is 10.9. The molecule has 0 bridgehead atoms. The topological polar surface area (TPSA) is 37.3 Å². The number of phenols is 1. The third-order valence-corrected chi connectivity index (χ3v) is 2.27. The second-order valence-corrected chi connectivity index (χ2v) is 3.71. The van der Waals surface area contributed by atoms with Crippen LogP contribution < -0.4 is 0 Å². The molecule has 76 valence electrons. The zero-order valence-corrected chi connectivity index (χ0v) is 8.86. The van der Waals surface area contributed by atoms with E-state index in [2.05, 4.69) is 15.9 Å². The average molecular weight is 265 g/mol. The fourth-order valence-electron chi connectivity index (χ4n) is 1.05. The second-order valence-electron chi connectivity index (χ2n) is 2.86. The maximum Gasteiger partial charge on any atom is 0.166 e. The number of carbonyl (C=O) groups is 1. The van der Waals surface area contributed by atoms with Crippen molar-refractivity contribution < 1.29 is 18.7 Å². The quantitative estimate of drug-likeness (QED) is 0.834. The summed E-state index contributed by atoms with van der Waals surface area (Å²) in [4.78, 5) is 10.7. The molecule has 1 aromatic rings. The summed E-state index contributed by atoms with van der Waals surface area (Å²) in [6, 6.07) is 0.814. The Bertz CT molecular complexity index is 365. The molecule has 14 heavy (non-hydrogen) atoms. The highest BCUT2D eigenvalue weighted by molar-refractivity contribution is 9.10. The molecule has 1 aromatic carbocycles. The lowest BCUT2D eigenvalue weighted by Gasteiger charge is -2.06. The molecule has 0 aliphatic rings. The largest absolute Gasteiger partial charge is 0.506 e. The highest BCUT2D eigenvalue weighted by Gasteiger charge is 2.17. The van der Waals surface area contributed by atoms with Gasteiger partial charge < -0.3 is 5.11 Å². The van der Waals surface area contributed by atoms with Crippen molar-refractivity contribution in [2.45, 2.75) is 13.3 Å². The molecule has 0 atom stereocenters. The predicted octanol–water partition coefficient (Wildman–Crippen LogP) is 2.56. The molecule has 2 nitrogen and oxygen atoms in total. The molecular weight excluding hydrogens is 258 g/mol. The molecular formula is C9H7BrF2O2. The predicted molar refractivity (Wildman–Crippen MR) is 50.1 cm³/mol. The van der Waals surface area contributed by atoms with Crippen molar-refractivity contribution in [3.8, 4) is 5.75 Å². The maximum atomic E-state index is 13.1. The molecule has 1 rings (SSSR count). The Balaban J connectivity index is 3.31. The van der Waals surface area contributed by atoms with Crippen LogP contribution >= 0.6 is 15.9 Å². The molecule has 0 unspecified atom stereocenters. The SMILES string of the molecule is CC(=O)Cc1c(O)c(Br)cc(F)c1F. The fraction of sp³-hybridized carbons (Fsp3) is 0.222. The van der Waals surface area contributed by atoms with Gasteiger partial charge in [-0.15, -0.1) is 0 Å². The summed E-state index contributed by atoms with van der Waals surface area (Å²) in [5.74, 6) is -3.05. The monoisotopic (exact) mass is 264 g/mol. The van der Waals surface area contributed by atoms with Gasteiger partial charge in [0.1, 0.15) is 11.5 Å². The van der Waals surface area contributed by atoms with Gasteiger partial charge in [0.15, 0.2) is 11.6 Å². The van der Waals surface area contributed by atoms with Crippen LogP contribution in [0.4, 0.5) is 8.78 Å². The van der Waals surface area contributed by atoms with E-state index in [0.29, 0.717) is 0 Å². The zero-order valence-electron chi connectivity index (χ0n) is 7.27. The van der Waals surface area contributed by atoms with Crippen molar-refractivity contribution in [3.63, 3.8) is 0 Å². The van der Waals surface area contributed by atoms with E-state index in [4.69, 9.17) is 0 Å². The van der Waals surface area contributed by atoms with Gasteiger partial charge in [0.25, 0.3) is 0 Å². The number of hydrogen-bond donors (Lipinski definition) is 1. The minimum absolute atomic E-state index is 0.0349. The number of halogens is 3. The molecule has 0 fully saturated rings. The summed E-state index contributed by atoms with van der Waals surface area (Å²) in [5.41, 5.74) is -0.315. The Kier molecular flexibility index (Phi) is 3.21. The van der Waals surface area contributed by atoms with Gasteiger partial charge in [0.05, 0.1) is 4.47 Å². The van der Waals surface area contributed by atoms with Crippen LogP contribution in [-0.4, -0.2) is 10.9 Å². The lowest BCUT2D eigenvalue weighted by molar-refractivity contribution is -0.116. The van der Waals surface area contributed by atoms with Crippen molar-refractivity contribution in [3.05, 3.63) is 27.7 Å². The number of phenolic OH excluding ortho intramolecular Hbond substituents is 1. The summed E-state index contributed by atoms with van der Waals surface area (Å²) in [5, 5.41) is 9.35. The number of carbonyl (C=O) groups excluding carboxylic acids is 1. The Labute approximate surface area is 87.7 Å². The first-order valence-electron chi connectivity index (χ1n) is 3.78. The van der Waals surface area contributed by atoms with Crippen LogP contribution in [-0.2, 0) is 11.2 Å². The number of hydrogen-bond acceptors (Lipinski definition) is 2. The van der Waals surface area contributed by atoms with Gasteiger partial charge in [-0.05, 0) is 28.9 Å². The summed E-state index contributed by atoms with van der Waals surface area (Å²) in [7, 11) is 0. The van der Waals surface area contributed by atoms with Crippen LogP contribution in [0.5, 0.6) is 5.75 Å². The lowest BCUT2D eigenvalue weighted by Crippen LogP contribution is -2.02. The normalized spacial score (nSPS) is 10.3. The lowest BCUT2D eigenvalue weighted by atomic mass is 10.1. The summed E-state index contributed by atoms with van der Waals surface area (Å²) in [6.45, 7) is 1.23. The van der Waals surface area contributed by atoms with Crippen LogP contribution in [0.15, 0.2) is 10.5 Å². The Morgan fingerprint density at radius 3 is 2.64 bits per heavy atom. The standard InChI is InChI=1S/C9H7BrF2O2/c1-4(13)2-5-8(12)7(11)3-6(10)9(5)14/h3,14H,2H2,1H3. The molecule has 0 spiro atoms. The number of benzene rings is 1. The van der Waals surface area contributed by atoms with Crippen molar-refractivity contribution in [2.24, 2.45) is 0 Å². The van der Waals surface area contributed by atoms with E-state index >= 15 is 0 Å². The van der Waals surface area contributed by atoms with Crippen LogP contribution in [0.2, 0.25) is 0 Å². The molecule has 0 saturated carbocycles. The first-order valence-corrected chi connectivity index (χ1v) is 4.57. The van der Waals surface area contributed by atoms with Crippen molar-refractivity contribution in [2.75, 3.05) is 0 Å². The van der Waals surface area contributed by atoms with Crippen molar-refractivity contribution >= 4 is 21.7 Å². The summed E-state index contributed by atoms with van der Waals surface area (Å²) < 4.78 is 26.0. The molecule has 0 heterocycles. The Hall–Kier alpha value is -0.970. The fourth-order valence-corrected chi connectivity index (χ4v) is 1.49. The molecule has 1 N–H and O–H groups in total. The molecule has 0 aromatic heterocycles. The summed E-state index contributed by atoms with van der Waals surface area (Å²) in [6.07, 6.45) is -0.325. The van der Waals surface area contributed by atoms with Crippen molar-refractivity contribution in [1.82, 2.24) is 0 Å². The van der Waals surface area contributed by atoms with Crippen LogP contribution in [0.3, 0.4) is 0 Å². The van der Waals surface area contributed by atoms with Gasteiger partial charge >= 0.3 is 0 Å². The van der Waals surface area contributed by atoms with E-state index < -0.39 is 17.4 Å². The van der Waals surface area contributed by atoms with Crippen LogP contribution in [0.25, 0.3) is 0 Å². The van der Waals surface area contributed by atoms with Crippen LogP contribution in [0.1, 0.15) is 12.5 Å². The van der Waals surface area contributed by atoms with Gasteiger partial charge in [-0.25, -0.2) is 8.78 Å². The van der Waals surface area contributed by atoms with E-state index in [1.165, 1.54) is 6.92 Å². The first kappa shape index (κ1) is 11.1. The maximum absolute atomic E-state index is 13.1. The highest BCUT2D eigenvalue weighted by Crippen LogP contribution is 2.31. The van der Waals surface area contributed by atoms with Gasteiger partial charge in [0.2, 0.25) is 0 Å². The smallest absolute Gasteiger partial charge is 0.166 e. The highest BCUT2D eigenvalue weighted by atomic mass is 79.9. The molecule has 0 radical (unpaired) electrons. The first-order chi connectivity index (χ1) is 6.43. The number of Topliss-reactive ketones (excluding diaryl/α,β-unsaturated/α-hetero) is 1. The van der Waals surface area contributed by atoms with Crippen molar-refractivity contribution in [1.29, 1.82) is 0 Å². The molecule has 0 aliphatic carbocycles. The number of aromatic hydroxyl groups is 1. The van der Waals surface area contributed by atoms with Crippen LogP contribution in [0, 0.1) is 11.6 Å².